The maximum Gasteiger partial charge on any atom is 0.104 e. The molecule has 1 atom stereocenters. The Morgan fingerprint density at radius 1 is 1.33 bits per heavy atom. The van der Waals surface area contributed by atoms with Crippen molar-refractivity contribution < 1.29 is 5.11 Å². The lowest BCUT2D eigenvalue weighted by molar-refractivity contribution is 0.219. The lowest BCUT2D eigenvalue weighted by atomic mass is 10.0. The zero-order valence-corrected chi connectivity index (χ0v) is 8.93. The summed E-state index contributed by atoms with van der Waals surface area (Å²) in [6.07, 6.45) is 6.76. The van der Waals surface area contributed by atoms with Crippen molar-refractivity contribution >= 4 is 0 Å². The molecule has 0 aromatic heterocycles. The van der Waals surface area contributed by atoms with Gasteiger partial charge in [0.15, 0.2) is 0 Å². The molecular formula is C14H16O. The van der Waals surface area contributed by atoms with E-state index in [9.17, 15) is 5.11 Å². The standard InChI is InChI=1S/C14H16O/c1-3-5-9-12(4-2)14(15)13-10-7-6-8-11-13/h3-11,14-15H,2H2,1H3/b5-3-,12-9+. The highest BCUT2D eigenvalue weighted by molar-refractivity contribution is 5.33. The van der Waals surface area contributed by atoms with E-state index in [-0.39, 0.29) is 0 Å². The average Bonchev–Trinajstić information content (AvgIpc) is 2.31. The van der Waals surface area contributed by atoms with Crippen molar-refractivity contribution in [1.82, 2.24) is 0 Å². The molecular weight excluding hydrogens is 184 g/mol. The van der Waals surface area contributed by atoms with Crippen molar-refractivity contribution in [2.24, 2.45) is 0 Å². The van der Waals surface area contributed by atoms with Crippen LogP contribution in [0.15, 0.2) is 66.8 Å². The molecule has 1 N–H and O–H groups in total. The van der Waals surface area contributed by atoms with Crippen LogP contribution in [0.4, 0.5) is 0 Å². The number of benzene rings is 1. The van der Waals surface area contributed by atoms with Gasteiger partial charge in [-0.25, -0.2) is 0 Å². The summed E-state index contributed by atoms with van der Waals surface area (Å²) in [4.78, 5) is 0. The minimum atomic E-state index is -0.597. The largest absolute Gasteiger partial charge is 0.384 e. The fraction of sp³-hybridized carbons (Fsp3) is 0.143. The van der Waals surface area contributed by atoms with Crippen LogP contribution in [0.25, 0.3) is 0 Å². The van der Waals surface area contributed by atoms with Gasteiger partial charge in [-0.05, 0) is 18.1 Å². The number of allylic oxidation sites excluding steroid dienone is 3. The predicted molar refractivity (Wildman–Crippen MR) is 64.5 cm³/mol. The number of hydrogen-bond acceptors (Lipinski definition) is 1. The quantitative estimate of drug-likeness (QED) is 0.738. The van der Waals surface area contributed by atoms with Gasteiger partial charge in [0.2, 0.25) is 0 Å². The molecule has 78 valence electrons. The highest BCUT2D eigenvalue weighted by atomic mass is 16.3. The van der Waals surface area contributed by atoms with Gasteiger partial charge in [-0.2, -0.15) is 0 Å². The molecule has 0 amide bonds. The SMILES string of the molecule is C=C/C(=C\C=C/C)C(O)c1ccccc1. The first-order valence-electron chi connectivity index (χ1n) is 4.98. The molecule has 1 unspecified atom stereocenters. The molecule has 1 heteroatoms. The summed E-state index contributed by atoms with van der Waals surface area (Å²) in [5.41, 5.74) is 1.69. The average molecular weight is 200 g/mol. The Hall–Kier alpha value is -1.60. The van der Waals surface area contributed by atoms with Crippen LogP contribution in [0, 0.1) is 0 Å². The van der Waals surface area contributed by atoms with Crippen LogP contribution < -0.4 is 0 Å². The molecule has 15 heavy (non-hydrogen) atoms. The van der Waals surface area contributed by atoms with E-state index < -0.39 is 6.10 Å². The second-order valence-electron chi connectivity index (χ2n) is 3.21. The van der Waals surface area contributed by atoms with E-state index in [0.717, 1.165) is 11.1 Å². The van der Waals surface area contributed by atoms with Gasteiger partial charge in [-0.3, -0.25) is 0 Å². The Bertz CT molecular complexity index is 360. The molecule has 0 spiro atoms. The normalized spacial score (nSPS) is 14.1. The third kappa shape index (κ3) is 3.22. The van der Waals surface area contributed by atoms with Crippen LogP contribution in [0.2, 0.25) is 0 Å². The van der Waals surface area contributed by atoms with Crippen molar-refractivity contribution in [1.29, 1.82) is 0 Å². The highest BCUT2D eigenvalue weighted by Crippen LogP contribution is 2.21. The summed E-state index contributed by atoms with van der Waals surface area (Å²) < 4.78 is 0. The van der Waals surface area contributed by atoms with Crippen molar-refractivity contribution in [3.63, 3.8) is 0 Å². The van der Waals surface area contributed by atoms with E-state index in [2.05, 4.69) is 6.58 Å². The fourth-order valence-corrected chi connectivity index (χ4v) is 1.31. The van der Waals surface area contributed by atoms with E-state index >= 15 is 0 Å². The molecule has 0 bridgehead atoms. The third-order valence-electron chi connectivity index (χ3n) is 2.15. The van der Waals surface area contributed by atoms with E-state index in [1.54, 1.807) is 6.08 Å². The summed E-state index contributed by atoms with van der Waals surface area (Å²) in [5.74, 6) is 0. The van der Waals surface area contributed by atoms with Crippen LogP contribution in [0.3, 0.4) is 0 Å². The summed E-state index contributed by atoms with van der Waals surface area (Å²) in [6.45, 7) is 5.63. The Morgan fingerprint density at radius 2 is 2.00 bits per heavy atom. The van der Waals surface area contributed by atoms with Crippen molar-refractivity contribution in [2.45, 2.75) is 13.0 Å². The van der Waals surface area contributed by atoms with E-state index in [1.165, 1.54) is 0 Å². The van der Waals surface area contributed by atoms with Crippen LogP contribution >= 0.6 is 0 Å². The van der Waals surface area contributed by atoms with Gasteiger partial charge in [0.25, 0.3) is 0 Å². The molecule has 0 aliphatic heterocycles. The second-order valence-corrected chi connectivity index (χ2v) is 3.21. The summed E-state index contributed by atoms with van der Waals surface area (Å²) in [5, 5.41) is 10.0. The minimum absolute atomic E-state index is 0.597. The van der Waals surface area contributed by atoms with Gasteiger partial charge < -0.3 is 5.11 Å². The van der Waals surface area contributed by atoms with E-state index in [0.29, 0.717) is 0 Å². The van der Waals surface area contributed by atoms with Gasteiger partial charge >= 0.3 is 0 Å². The van der Waals surface area contributed by atoms with Crippen LogP contribution in [0.1, 0.15) is 18.6 Å². The molecule has 0 aliphatic carbocycles. The van der Waals surface area contributed by atoms with Crippen molar-refractivity contribution in [3.8, 4) is 0 Å². The summed E-state index contributed by atoms with van der Waals surface area (Å²) in [7, 11) is 0. The van der Waals surface area contributed by atoms with Crippen molar-refractivity contribution in [2.75, 3.05) is 0 Å². The first-order valence-corrected chi connectivity index (χ1v) is 4.98. The Kier molecular flexibility index (Phi) is 4.58. The van der Waals surface area contributed by atoms with Crippen LogP contribution in [-0.4, -0.2) is 5.11 Å². The zero-order chi connectivity index (χ0) is 11.1. The predicted octanol–water partition coefficient (Wildman–Crippen LogP) is 3.41. The Balaban J connectivity index is 2.92. The molecule has 1 rings (SSSR count). The monoisotopic (exact) mass is 200 g/mol. The first-order chi connectivity index (χ1) is 7.29. The molecule has 0 fully saturated rings. The lowest BCUT2D eigenvalue weighted by Crippen LogP contribution is -1.98. The molecule has 0 heterocycles. The zero-order valence-electron chi connectivity index (χ0n) is 8.93. The van der Waals surface area contributed by atoms with Crippen molar-refractivity contribution in [3.05, 3.63) is 72.4 Å². The van der Waals surface area contributed by atoms with Gasteiger partial charge in [0.05, 0.1) is 0 Å². The number of hydrogen-bond donors (Lipinski definition) is 1. The number of aliphatic hydroxyl groups excluding tert-OH is 1. The number of rotatable bonds is 4. The summed E-state index contributed by atoms with van der Waals surface area (Å²) >= 11 is 0. The van der Waals surface area contributed by atoms with E-state index in [1.807, 2.05) is 55.5 Å². The molecule has 0 aliphatic rings. The topological polar surface area (TPSA) is 20.2 Å². The van der Waals surface area contributed by atoms with Gasteiger partial charge in [-0.15, -0.1) is 0 Å². The molecule has 0 saturated carbocycles. The molecule has 0 radical (unpaired) electrons. The number of aliphatic hydroxyl groups is 1. The fourth-order valence-electron chi connectivity index (χ4n) is 1.31. The van der Waals surface area contributed by atoms with Crippen LogP contribution in [-0.2, 0) is 0 Å². The Morgan fingerprint density at radius 3 is 2.53 bits per heavy atom. The van der Waals surface area contributed by atoms with E-state index in [4.69, 9.17) is 0 Å². The molecule has 1 nitrogen and oxygen atoms in total. The third-order valence-corrected chi connectivity index (χ3v) is 2.15. The van der Waals surface area contributed by atoms with Crippen LogP contribution in [0.5, 0.6) is 0 Å². The van der Waals surface area contributed by atoms with Gasteiger partial charge in [0, 0.05) is 0 Å². The molecule has 0 saturated heterocycles. The first kappa shape index (κ1) is 11.5. The lowest BCUT2D eigenvalue weighted by Gasteiger charge is -2.11. The van der Waals surface area contributed by atoms with Gasteiger partial charge in [0.1, 0.15) is 6.10 Å². The maximum absolute atomic E-state index is 10.0. The summed E-state index contributed by atoms with van der Waals surface area (Å²) in [6, 6.07) is 9.55. The highest BCUT2D eigenvalue weighted by Gasteiger charge is 2.08. The molecule has 1 aromatic carbocycles. The Labute approximate surface area is 91.1 Å². The minimum Gasteiger partial charge on any atom is -0.384 e. The molecule has 1 aromatic rings. The maximum atomic E-state index is 10.0. The van der Waals surface area contributed by atoms with Gasteiger partial charge in [-0.1, -0.05) is 61.2 Å². The second kappa shape index (κ2) is 5.99. The smallest absolute Gasteiger partial charge is 0.104 e.